The lowest BCUT2D eigenvalue weighted by atomic mass is 9.96. The molecular formula is C8H10BrN3. The molecule has 1 aromatic heterocycles. The molecule has 0 bridgehead atoms. The number of nitrogens with one attached hydrogen (secondary N) is 1. The van der Waals surface area contributed by atoms with Gasteiger partial charge in [0.15, 0.2) is 5.69 Å². The molecule has 64 valence electrons. The summed E-state index contributed by atoms with van der Waals surface area (Å²) >= 11 is 3.23. The third kappa shape index (κ3) is 1.67. The lowest BCUT2D eigenvalue weighted by Gasteiger charge is -2.13. The maximum atomic E-state index is 8.63. The lowest BCUT2D eigenvalue weighted by Crippen LogP contribution is -2.13. The topological polar surface area (TPSA) is 52.5 Å². The molecular weight excluding hydrogens is 218 g/mol. The molecule has 0 atom stereocenters. The normalized spacial score (nSPS) is 11.2. The van der Waals surface area contributed by atoms with Crippen LogP contribution in [0.1, 0.15) is 32.3 Å². The van der Waals surface area contributed by atoms with Gasteiger partial charge in [-0.05, 0) is 15.9 Å². The Morgan fingerprint density at radius 1 is 1.50 bits per heavy atom. The monoisotopic (exact) mass is 227 g/mol. The van der Waals surface area contributed by atoms with Gasteiger partial charge in [-0.3, -0.25) is 0 Å². The fourth-order valence-corrected chi connectivity index (χ4v) is 1.15. The molecule has 1 rings (SSSR count). The fraction of sp³-hybridized carbons (Fsp3) is 0.500. The highest BCUT2D eigenvalue weighted by Gasteiger charge is 2.19. The zero-order valence-electron chi connectivity index (χ0n) is 7.27. The van der Waals surface area contributed by atoms with E-state index in [1.807, 2.05) is 26.8 Å². The molecule has 0 fully saturated rings. The van der Waals surface area contributed by atoms with Crippen LogP contribution >= 0.6 is 15.9 Å². The van der Waals surface area contributed by atoms with Gasteiger partial charge in [0.05, 0.1) is 0 Å². The number of nitrogens with zero attached hydrogens (tertiary/aromatic N) is 2. The fourth-order valence-electron chi connectivity index (χ4n) is 0.781. The number of rotatable bonds is 0. The Morgan fingerprint density at radius 2 is 2.08 bits per heavy atom. The summed E-state index contributed by atoms with van der Waals surface area (Å²) in [5.74, 6) is 0.825. The summed E-state index contributed by atoms with van der Waals surface area (Å²) in [6.45, 7) is 6.12. The molecule has 1 aromatic rings. The number of imidazole rings is 1. The molecule has 3 nitrogen and oxygen atoms in total. The van der Waals surface area contributed by atoms with Gasteiger partial charge in [0.1, 0.15) is 16.5 Å². The van der Waals surface area contributed by atoms with E-state index in [4.69, 9.17) is 5.26 Å². The summed E-state index contributed by atoms with van der Waals surface area (Å²) in [5, 5.41) is 8.63. The van der Waals surface area contributed by atoms with Gasteiger partial charge in [0.25, 0.3) is 0 Å². The summed E-state index contributed by atoms with van der Waals surface area (Å²) < 4.78 is 0.662. The van der Waals surface area contributed by atoms with Gasteiger partial charge < -0.3 is 4.98 Å². The first kappa shape index (κ1) is 9.27. The number of H-pyrrole nitrogens is 1. The van der Waals surface area contributed by atoms with E-state index in [0.717, 1.165) is 5.82 Å². The Hall–Kier alpha value is -0.820. The summed E-state index contributed by atoms with van der Waals surface area (Å²) in [6.07, 6.45) is 0. The van der Waals surface area contributed by atoms with Gasteiger partial charge in [-0.15, -0.1) is 0 Å². The summed E-state index contributed by atoms with van der Waals surface area (Å²) in [5.41, 5.74) is 0.373. The van der Waals surface area contributed by atoms with E-state index in [2.05, 4.69) is 25.9 Å². The molecule has 0 amide bonds. The summed E-state index contributed by atoms with van der Waals surface area (Å²) in [4.78, 5) is 7.15. The number of hydrogen-bond donors (Lipinski definition) is 1. The van der Waals surface area contributed by atoms with Gasteiger partial charge >= 0.3 is 0 Å². The Labute approximate surface area is 79.9 Å². The first-order valence-electron chi connectivity index (χ1n) is 3.61. The van der Waals surface area contributed by atoms with Crippen LogP contribution in [0.4, 0.5) is 0 Å². The second-order valence-electron chi connectivity index (χ2n) is 3.61. The van der Waals surface area contributed by atoms with Crippen molar-refractivity contribution in [3.63, 3.8) is 0 Å². The third-order valence-electron chi connectivity index (χ3n) is 1.48. The van der Waals surface area contributed by atoms with Gasteiger partial charge in [-0.25, -0.2) is 4.98 Å². The highest BCUT2D eigenvalue weighted by atomic mass is 79.9. The van der Waals surface area contributed by atoms with Crippen LogP contribution in [0, 0.1) is 11.3 Å². The van der Waals surface area contributed by atoms with E-state index >= 15 is 0 Å². The molecule has 1 heterocycles. The van der Waals surface area contributed by atoms with Gasteiger partial charge in [-0.2, -0.15) is 5.26 Å². The van der Waals surface area contributed by atoms with Crippen LogP contribution in [0.3, 0.4) is 0 Å². The van der Waals surface area contributed by atoms with Crippen molar-refractivity contribution in [2.75, 3.05) is 0 Å². The van der Waals surface area contributed by atoms with Gasteiger partial charge in [0.2, 0.25) is 0 Å². The molecule has 0 aromatic carbocycles. The molecule has 12 heavy (non-hydrogen) atoms. The molecule has 0 aliphatic heterocycles. The van der Waals surface area contributed by atoms with Crippen molar-refractivity contribution in [1.29, 1.82) is 5.26 Å². The third-order valence-corrected chi connectivity index (χ3v) is 2.05. The number of aromatic nitrogens is 2. The van der Waals surface area contributed by atoms with E-state index in [1.165, 1.54) is 0 Å². The Kier molecular flexibility index (Phi) is 2.25. The molecule has 0 aliphatic carbocycles. The van der Waals surface area contributed by atoms with Crippen LogP contribution in [-0.2, 0) is 5.41 Å². The molecule has 0 unspecified atom stereocenters. The predicted octanol–water partition coefficient (Wildman–Crippen LogP) is 2.34. The average molecular weight is 228 g/mol. The zero-order chi connectivity index (χ0) is 9.35. The van der Waals surface area contributed by atoms with E-state index in [9.17, 15) is 0 Å². The van der Waals surface area contributed by atoms with Crippen molar-refractivity contribution in [1.82, 2.24) is 9.97 Å². The standard InChI is InChI=1S/C8H10BrN3/c1-8(2,3)7-11-5(4-10)6(9)12-7/h1-3H3,(H,11,12). The SMILES string of the molecule is CC(C)(C)c1nc(C#N)c(Br)[nH]1. The minimum Gasteiger partial charge on any atom is -0.335 e. The quantitative estimate of drug-likeness (QED) is 0.740. The predicted molar refractivity (Wildman–Crippen MR) is 49.7 cm³/mol. The maximum absolute atomic E-state index is 8.63. The number of hydrogen-bond acceptors (Lipinski definition) is 2. The molecule has 0 spiro atoms. The van der Waals surface area contributed by atoms with E-state index in [0.29, 0.717) is 10.3 Å². The first-order valence-corrected chi connectivity index (χ1v) is 4.40. The Morgan fingerprint density at radius 3 is 2.33 bits per heavy atom. The largest absolute Gasteiger partial charge is 0.335 e. The molecule has 0 radical (unpaired) electrons. The van der Waals surface area contributed by atoms with Crippen molar-refractivity contribution >= 4 is 15.9 Å². The van der Waals surface area contributed by atoms with Crippen LogP contribution in [0.2, 0.25) is 0 Å². The number of aromatic amines is 1. The molecule has 4 heteroatoms. The Bertz CT molecular complexity index is 327. The van der Waals surface area contributed by atoms with Crippen molar-refractivity contribution in [3.05, 3.63) is 16.1 Å². The van der Waals surface area contributed by atoms with Crippen LogP contribution in [-0.4, -0.2) is 9.97 Å². The second kappa shape index (κ2) is 2.91. The first-order chi connectivity index (χ1) is 5.45. The summed E-state index contributed by atoms with van der Waals surface area (Å²) in [6, 6.07) is 2.00. The van der Waals surface area contributed by atoms with Crippen LogP contribution in [0.5, 0.6) is 0 Å². The highest BCUT2D eigenvalue weighted by molar-refractivity contribution is 9.10. The van der Waals surface area contributed by atoms with Crippen molar-refractivity contribution in [3.8, 4) is 6.07 Å². The maximum Gasteiger partial charge on any atom is 0.173 e. The van der Waals surface area contributed by atoms with Crippen LogP contribution in [0.25, 0.3) is 0 Å². The zero-order valence-corrected chi connectivity index (χ0v) is 8.86. The van der Waals surface area contributed by atoms with Crippen molar-refractivity contribution < 1.29 is 0 Å². The minimum absolute atomic E-state index is 0.0440. The molecule has 1 N–H and O–H groups in total. The Balaban J connectivity index is 3.16. The highest BCUT2D eigenvalue weighted by Crippen LogP contribution is 2.22. The minimum atomic E-state index is -0.0440. The van der Waals surface area contributed by atoms with E-state index in [1.54, 1.807) is 0 Å². The molecule has 0 saturated heterocycles. The smallest absolute Gasteiger partial charge is 0.173 e. The molecule has 0 aliphatic rings. The van der Waals surface area contributed by atoms with Crippen LogP contribution in [0.15, 0.2) is 4.60 Å². The van der Waals surface area contributed by atoms with Crippen molar-refractivity contribution in [2.24, 2.45) is 0 Å². The van der Waals surface area contributed by atoms with Gasteiger partial charge in [-0.1, -0.05) is 20.8 Å². The van der Waals surface area contributed by atoms with E-state index < -0.39 is 0 Å². The average Bonchev–Trinajstić information content (AvgIpc) is 2.29. The lowest BCUT2D eigenvalue weighted by molar-refractivity contribution is 0.551. The van der Waals surface area contributed by atoms with Gasteiger partial charge in [0, 0.05) is 5.41 Å². The second-order valence-corrected chi connectivity index (χ2v) is 4.40. The summed E-state index contributed by atoms with van der Waals surface area (Å²) in [7, 11) is 0. The molecule has 0 saturated carbocycles. The van der Waals surface area contributed by atoms with E-state index in [-0.39, 0.29) is 5.41 Å². The number of halogens is 1. The number of nitriles is 1. The van der Waals surface area contributed by atoms with Crippen LogP contribution < -0.4 is 0 Å². The van der Waals surface area contributed by atoms with Crippen molar-refractivity contribution in [2.45, 2.75) is 26.2 Å².